The summed E-state index contributed by atoms with van der Waals surface area (Å²) in [5, 5.41) is 11.6. The number of hydrogen-bond acceptors (Lipinski definition) is 3. The molecule has 0 fully saturated rings. The molecule has 88 valence electrons. The maximum Gasteiger partial charge on any atom is 0.0702 e. The molecular formula is C14H15NOS. The number of aliphatic hydroxyl groups excluding tert-OH is 1. The minimum atomic E-state index is 0.114. The van der Waals surface area contributed by atoms with E-state index in [2.05, 4.69) is 22.4 Å². The van der Waals surface area contributed by atoms with Crippen LogP contribution in [0.2, 0.25) is 0 Å². The normalized spacial score (nSPS) is 14.8. The Hall–Kier alpha value is -1.32. The molecule has 0 unspecified atom stereocenters. The van der Waals surface area contributed by atoms with Crippen molar-refractivity contribution in [3.05, 3.63) is 51.7 Å². The number of nitrogens with zero attached hydrogens (tertiary/aromatic N) is 1. The molecule has 17 heavy (non-hydrogen) atoms. The third kappa shape index (κ3) is 1.96. The van der Waals surface area contributed by atoms with Gasteiger partial charge in [0.05, 0.1) is 6.61 Å². The number of fused-ring (bicyclic) bond motifs is 1. The first-order valence-electron chi connectivity index (χ1n) is 5.87. The van der Waals surface area contributed by atoms with Crippen LogP contribution < -0.4 is 4.90 Å². The number of rotatable bonds is 2. The standard InChI is InChI=1S/C14H15NOS/c16-10-12-3-1-2-4-13(12)15-7-5-14-11(9-15)6-8-17-14/h1-4,6,8,16H,5,7,9-10H2. The van der Waals surface area contributed by atoms with Gasteiger partial charge in [0.15, 0.2) is 0 Å². The van der Waals surface area contributed by atoms with E-state index in [1.54, 1.807) is 0 Å². The first-order valence-corrected chi connectivity index (χ1v) is 6.75. The Labute approximate surface area is 105 Å². The van der Waals surface area contributed by atoms with Crippen LogP contribution >= 0.6 is 11.3 Å². The predicted octanol–water partition coefficient (Wildman–Crippen LogP) is 2.80. The minimum Gasteiger partial charge on any atom is -0.392 e. The first-order chi connectivity index (χ1) is 8.38. The van der Waals surface area contributed by atoms with Gasteiger partial charge in [-0.3, -0.25) is 0 Å². The highest BCUT2D eigenvalue weighted by Crippen LogP contribution is 2.29. The predicted molar refractivity (Wildman–Crippen MR) is 71.4 cm³/mol. The van der Waals surface area contributed by atoms with Gasteiger partial charge in [-0.1, -0.05) is 18.2 Å². The van der Waals surface area contributed by atoms with E-state index in [4.69, 9.17) is 0 Å². The average molecular weight is 245 g/mol. The molecule has 0 saturated heterocycles. The van der Waals surface area contributed by atoms with Crippen molar-refractivity contribution in [2.45, 2.75) is 19.6 Å². The molecule has 0 bridgehead atoms. The molecule has 3 heteroatoms. The third-order valence-corrected chi connectivity index (χ3v) is 4.33. The lowest BCUT2D eigenvalue weighted by Gasteiger charge is -2.30. The Morgan fingerprint density at radius 3 is 3.00 bits per heavy atom. The monoisotopic (exact) mass is 245 g/mol. The second-order valence-corrected chi connectivity index (χ2v) is 5.33. The summed E-state index contributed by atoms with van der Waals surface area (Å²) in [6, 6.07) is 10.3. The second kappa shape index (κ2) is 4.51. The van der Waals surface area contributed by atoms with Crippen molar-refractivity contribution < 1.29 is 5.11 Å². The van der Waals surface area contributed by atoms with Crippen molar-refractivity contribution in [2.24, 2.45) is 0 Å². The molecule has 0 radical (unpaired) electrons. The number of aliphatic hydroxyl groups is 1. The van der Waals surface area contributed by atoms with Crippen molar-refractivity contribution in [3.8, 4) is 0 Å². The highest BCUT2D eigenvalue weighted by atomic mass is 32.1. The van der Waals surface area contributed by atoms with E-state index < -0.39 is 0 Å². The van der Waals surface area contributed by atoms with Crippen LogP contribution in [0.3, 0.4) is 0 Å². The zero-order chi connectivity index (χ0) is 11.7. The Bertz CT molecular complexity index is 520. The van der Waals surface area contributed by atoms with Crippen LogP contribution in [0.15, 0.2) is 35.7 Å². The van der Waals surface area contributed by atoms with Crippen LogP contribution in [0.1, 0.15) is 16.0 Å². The maximum atomic E-state index is 9.38. The van der Waals surface area contributed by atoms with Gasteiger partial charge in [0.25, 0.3) is 0 Å². The van der Waals surface area contributed by atoms with E-state index in [0.717, 1.165) is 25.1 Å². The van der Waals surface area contributed by atoms with Crippen LogP contribution in [0.25, 0.3) is 0 Å². The highest BCUT2D eigenvalue weighted by Gasteiger charge is 2.18. The lowest BCUT2D eigenvalue weighted by molar-refractivity contribution is 0.282. The fourth-order valence-corrected chi connectivity index (χ4v) is 3.30. The second-order valence-electron chi connectivity index (χ2n) is 4.33. The topological polar surface area (TPSA) is 23.5 Å². The molecule has 0 saturated carbocycles. The van der Waals surface area contributed by atoms with Gasteiger partial charge in [0, 0.05) is 29.2 Å². The molecule has 0 aliphatic carbocycles. The summed E-state index contributed by atoms with van der Waals surface area (Å²) in [6.07, 6.45) is 1.12. The maximum absolute atomic E-state index is 9.38. The Balaban J connectivity index is 1.91. The van der Waals surface area contributed by atoms with Crippen LogP contribution in [0.5, 0.6) is 0 Å². The number of benzene rings is 1. The summed E-state index contributed by atoms with van der Waals surface area (Å²) in [4.78, 5) is 3.88. The van der Waals surface area contributed by atoms with Crippen LogP contribution in [-0.2, 0) is 19.6 Å². The van der Waals surface area contributed by atoms with Gasteiger partial charge in [-0.15, -0.1) is 11.3 Å². The smallest absolute Gasteiger partial charge is 0.0702 e. The van der Waals surface area contributed by atoms with Crippen molar-refractivity contribution in [2.75, 3.05) is 11.4 Å². The molecule has 1 aromatic heterocycles. The van der Waals surface area contributed by atoms with E-state index in [-0.39, 0.29) is 6.61 Å². The molecule has 1 aliphatic rings. The molecule has 2 nitrogen and oxygen atoms in total. The summed E-state index contributed by atoms with van der Waals surface area (Å²) in [5.41, 5.74) is 3.63. The molecule has 1 aliphatic heterocycles. The Morgan fingerprint density at radius 1 is 1.24 bits per heavy atom. The van der Waals surface area contributed by atoms with Gasteiger partial charge in [0.2, 0.25) is 0 Å². The van der Waals surface area contributed by atoms with E-state index in [9.17, 15) is 5.11 Å². The fraction of sp³-hybridized carbons (Fsp3) is 0.286. The van der Waals surface area contributed by atoms with Gasteiger partial charge in [-0.25, -0.2) is 0 Å². The molecule has 2 heterocycles. The van der Waals surface area contributed by atoms with Crippen molar-refractivity contribution >= 4 is 17.0 Å². The quantitative estimate of drug-likeness (QED) is 0.879. The summed E-state index contributed by atoms with van der Waals surface area (Å²) >= 11 is 1.86. The average Bonchev–Trinajstić information content (AvgIpc) is 2.85. The fourth-order valence-electron chi connectivity index (χ4n) is 2.41. The third-order valence-electron chi connectivity index (χ3n) is 3.31. The summed E-state index contributed by atoms with van der Waals surface area (Å²) in [7, 11) is 0. The minimum absolute atomic E-state index is 0.114. The largest absolute Gasteiger partial charge is 0.392 e. The number of anilines is 1. The molecule has 2 aromatic rings. The van der Waals surface area contributed by atoms with E-state index in [1.807, 2.05) is 29.5 Å². The number of thiophene rings is 1. The number of hydrogen-bond donors (Lipinski definition) is 1. The van der Waals surface area contributed by atoms with E-state index in [0.29, 0.717) is 0 Å². The van der Waals surface area contributed by atoms with Crippen molar-refractivity contribution in [1.29, 1.82) is 0 Å². The lowest BCUT2D eigenvalue weighted by Crippen LogP contribution is -2.30. The van der Waals surface area contributed by atoms with E-state index >= 15 is 0 Å². The van der Waals surface area contributed by atoms with Crippen LogP contribution in [-0.4, -0.2) is 11.7 Å². The molecule has 0 amide bonds. The zero-order valence-corrected chi connectivity index (χ0v) is 10.4. The molecular weight excluding hydrogens is 230 g/mol. The SMILES string of the molecule is OCc1ccccc1N1CCc2sccc2C1. The molecule has 0 spiro atoms. The number of para-hydroxylation sites is 1. The van der Waals surface area contributed by atoms with Gasteiger partial charge in [-0.2, -0.15) is 0 Å². The Kier molecular flexibility index (Phi) is 2.87. The molecule has 1 N–H and O–H groups in total. The van der Waals surface area contributed by atoms with Crippen molar-refractivity contribution in [3.63, 3.8) is 0 Å². The summed E-state index contributed by atoms with van der Waals surface area (Å²) < 4.78 is 0. The molecule has 3 rings (SSSR count). The molecule has 0 atom stereocenters. The highest BCUT2D eigenvalue weighted by molar-refractivity contribution is 7.10. The molecule has 1 aromatic carbocycles. The van der Waals surface area contributed by atoms with Crippen LogP contribution in [0, 0.1) is 0 Å². The van der Waals surface area contributed by atoms with Crippen molar-refractivity contribution in [1.82, 2.24) is 0 Å². The van der Waals surface area contributed by atoms with Gasteiger partial charge in [-0.05, 0) is 29.5 Å². The van der Waals surface area contributed by atoms with Crippen LogP contribution in [0.4, 0.5) is 5.69 Å². The van der Waals surface area contributed by atoms with Gasteiger partial charge in [0.1, 0.15) is 0 Å². The first kappa shape index (κ1) is 10.8. The van der Waals surface area contributed by atoms with E-state index in [1.165, 1.54) is 16.1 Å². The summed E-state index contributed by atoms with van der Waals surface area (Å²) in [6.45, 7) is 2.13. The summed E-state index contributed by atoms with van der Waals surface area (Å²) in [5.74, 6) is 0. The van der Waals surface area contributed by atoms with Gasteiger partial charge >= 0.3 is 0 Å². The zero-order valence-electron chi connectivity index (χ0n) is 9.60. The lowest BCUT2D eigenvalue weighted by atomic mass is 10.1. The Morgan fingerprint density at radius 2 is 2.12 bits per heavy atom. The van der Waals surface area contributed by atoms with Gasteiger partial charge < -0.3 is 10.0 Å².